The van der Waals surface area contributed by atoms with Crippen LogP contribution < -0.4 is 10.1 Å². The number of nitrogens with one attached hydrogen (secondary N) is 1. The minimum absolute atomic E-state index is 0.0336. The summed E-state index contributed by atoms with van der Waals surface area (Å²) in [6.07, 6.45) is 3.40. The predicted octanol–water partition coefficient (Wildman–Crippen LogP) is 3.40. The Morgan fingerprint density at radius 2 is 2.32 bits per heavy atom. The van der Waals surface area contributed by atoms with Gasteiger partial charge >= 0.3 is 0 Å². The van der Waals surface area contributed by atoms with Crippen molar-refractivity contribution in [3.05, 3.63) is 29.3 Å². The molecule has 5 heteroatoms. The molecule has 1 N–H and O–H groups in total. The SMILES string of the molecule is O=C(COc1cccc(Cl)c1)NC1CCCC1CBr. The van der Waals surface area contributed by atoms with E-state index in [1.165, 1.54) is 12.8 Å². The third-order valence-corrected chi connectivity index (χ3v) is 4.44. The average molecular weight is 347 g/mol. The zero-order valence-electron chi connectivity index (χ0n) is 10.6. The molecule has 0 aliphatic heterocycles. The molecule has 0 saturated heterocycles. The minimum atomic E-state index is -0.0715. The first kappa shape index (κ1) is 14.7. The van der Waals surface area contributed by atoms with Crippen molar-refractivity contribution in [3.63, 3.8) is 0 Å². The molecule has 2 atom stereocenters. The van der Waals surface area contributed by atoms with Crippen LogP contribution in [-0.4, -0.2) is 23.9 Å². The summed E-state index contributed by atoms with van der Waals surface area (Å²) in [7, 11) is 0. The lowest BCUT2D eigenvalue weighted by atomic mass is 10.1. The molecule has 1 saturated carbocycles. The fourth-order valence-electron chi connectivity index (χ4n) is 2.37. The number of hydrogen-bond donors (Lipinski definition) is 1. The maximum atomic E-state index is 11.8. The lowest BCUT2D eigenvalue weighted by molar-refractivity contribution is -0.124. The summed E-state index contributed by atoms with van der Waals surface area (Å²) in [6, 6.07) is 7.33. The second kappa shape index (κ2) is 7.15. The summed E-state index contributed by atoms with van der Waals surface area (Å²) in [5.41, 5.74) is 0. The zero-order valence-corrected chi connectivity index (χ0v) is 12.9. The van der Waals surface area contributed by atoms with Crippen LogP contribution in [0.3, 0.4) is 0 Å². The fourth-order valence-corrected chi connectivity index (χ4v) is 3.32. The van der Waals surface area contributed by atoms with Crippen LogP contribution in [0.25, 0.3) is 0 Å². The van der Waals surface area contributed by atoms with Gasteiger partial charge in [-0.05, 0) is 37.0 Å². The van der Waals surface area contributed by atoms with Crippen LogP contribution in [0.4, 0.5) is 0 Å². The Balaban J connectivity index is 1.78. The molecular weight excluding hydrogens is 330 g/mol. The zero-order chi connectivity index (χ0) is 13.7. The molecule has 1 aliphatic rings. The van der Waals surface area contributed by atoms with E-state index in [0.29, 0.717) is 16.7 Å². The van der Waals surface area contributed by atoms with Crippen molar-refractivity contribution in [2.24, 2.45) is 5.92 Å². The first-order valence-electron chi connectivity index (χ1n) is 6.42. The summed E-state index contributed by atoms with van der Waals surface area (Å²) in [5.74, 6) is 1.08. The lowest BCUT2D eigenvalue weighted by Crippen LogP contribution is -2.40. The number of halogens is 2. The van der Waals surface area contributed by atoms with Crippen molar-refractivity contribution >= 4 is 33.4 Å². The Hall–Kier alpha value is -0.740. The van der Waals surface area contributed by atoms with Gasteiger partial charge in [0.05, 0.1) is 0 Å². The van der Waals surface area contributed by atoms with Gasteiger partial charge in [-0.3, -0.25) is 4.79 Å². The van der Waals surface area contributed by atoms with Gasteiger partial charge in [0.15, 0.2) is 6.61 Å². The molecule has 104 valence electrons. The molecule has 1 aromatic rings. The summed E-state index contributed by atoms with van der Waals surface area (Å²) in [4.78, 5) is 11.8. The molecular formula is C14H17BrClNO2. The van der Waals surface area contributed by atoms with Gasteiger partial charge in [-0.1, -0.05) is 40.0 Å². The largest absolute Gasteiger partial charge is 0.484 e. The van der Waals surface area contributed by atoms with Crippen molar-refractivity contribution in [1.29, 1.82) is 0 Å². The third kappa shape index (κ3) is 4.39. The molecule has 2 unspecified atom stereocenters. The van der Waals surface area contributed by atoms with Crippen molar-refractivity contribution in [3.8, 4) is 5.75 Å². The highest BCUT2D eigenvalue weighted by molar-refractivity contribution is 9.09. The molecule has 1 aliphatic carbocycles. The quantitative estimate of drug-likeness (QED) is 0.830. The first-order chi connectivity index (χ1) is 9.19. The van der Waals surface area contributed by atoms with Crippen LogP contribution in [-0.2, 0) is 4.79 Å². The number of rotatable bonds is 5. The van der Waals surface area contributed by atoms with Crippen LogP contribution in [0.2, 0.25) is 5.02 Å². The standard InChI is InChI=1S/C14H17BrClNO2/c15-8-10-3-1-6-13(10)17-14(18)9-19-12-5-2-4-11(16)7-12/h2,4-5,7,10,13H,1,3,6,8-9H2,(H,17,18). The average Bonchev–Trinajstić information content (AvgIpc) is 2.84. The highest BCUT2D eigenvalue weighted by Crippen LogP contribution is 2.27. The van der Waals surface area contributed by atoms with Gasteiger partial charge in [0.1, 0.15) is 5.75 Å². The van der Waals surface area contributed by atoms with Crippen molar-refractivity contribution in [2.45, 2.75) is 25.3 Å². The molecule has 3 nitrogen and oxygen atoms in total. The van der Waals surface area contributed by atoms with E-state index in [1.54, 1.807) is 24.3 Å². The maximum absolute atomic E-state index is 11.8. The van der Waals surface area contributed by atoms with E-state index in [2.05, 4.69) is 21.2 Å². The van der Waals surface area contributed by atoms with Gasteiger partial charge in [-0.2, -0.15) is 0 Å². The molecule has 1 amide bonds. The van der Waals surface area contributed by atoms with E-state index >= 15 is 0 Å². The number of carbonyl (C=O) groups excluding carboxylic acids is 1. The van der Waals surface area contributed by atoms with Gasteiger partial charge in [-0.15, -0.1) is 0 Å². The lowest BCUT2D eigenvalue weighted by Gasteiger charge is -2.19. The van der Waals surface area contributed by atoms with E-state index < -0.39 is 0 Å². The normalized spacial score (nSPS) is 22.2. The summed E-state index contributed by atoms with van der Waals surface area (Å²) >= 11 is 9.34. The Morgan fingerprint density at radius 3 is 3.05 bits per heavy atom. The van der Waals surface area contributed by atoms with E-state index in [-0.39, 0.29) is 18.6 Å². The van der Waals surface area contributed by atoms with E-state index in [0.717, 1.165) is 11.8 Å². The minimum Gasteiger partial charge on any atom is -0.484 e. The smallest absolute Gasteiger partial charge is 0.258 e. The topological polar surface area (TPSA) is 38.3 Å². The van der Waals surface area contributed by atoms with Crippen LogP contribution in [0.1, 0.15) is 19.3 Å². The summed E-state index contributed by atoms with van der Waals surface area (Å²) in [5, 5.41) is 4.58. The highest BCUT2D eigenvalue weighted by Gasteiger charge is 2.27. The number of amides is 1. The van der Waals surface area contributed by atoms with Crippen molar-refractivity contribution in [1.82, 2.24) is 5.32 Å². The molecule has 1 aromatic carbocycles. The Kier molecular flexibility index (Phi) is 5.52. The number of hydrogen-bond acceptors (Lipinski definition) is 2. The Bertz CT molecular complexity index is 441. The van der Waals surface area contributed by atoms with Gasteiger partial charge in [0, 0.05) is 16.4 Å². The molecule has 0 spiro atoms. The first-order valence-corrected chi connectivity index (χ1v) is 7.92. The van der Waals surface area contributed by atoms with Crippen LogP contribution in [0, 0.1) is 5.92 Å². The molecule has 0 heterocycles. The maximum Gasteiger partial charge on any atom is 0.258 e. The van der Waals surface area contributed by atoms with Crippen LogP contribution in [0.5, 0.6) is 5.75 Å². The number of alkyl halides is 1. The van der Waals surface area contributed by atoms with E-state index in [4.69, 9.17) is 16.3 Å². The predicted molar refractivity (Wildman–Crippen MR) is 80.0 cm³/mol. The molecule has 0 aromatic heterocycles. The van der Waals surface area contributed by atoms with Gasteiger partial charge in [0.2, 0.25) is 0 Å². The van der Waals surface area contributed by atoms with E-state index in [1.807, 2.05) is 0 Å². The monoisotopic (exact) mass is 345 g/mol. The van der Waals surface area contributed by atoms with Gasteiger partial charge in [-0.25, -0.2) is 0 Å². The van der Waals surface area contributed by atoms with E-state index in [9.17, 15) is 4.79 Å². The Labute approximate surface area is 126 Å². The molecule has 0 radical (unpaired) electrons. The van der Waals surface area contributed by atoms with Crippen LogP contribution >= 0.6 is 27.5 Å². The number of carbonyl (C=O) groups is 1. The Morgan fingerprint density at radius 1 is 1.47 bits per heavy atom. The van der Waals surface area contributed by atoms with Gasteiger partial charge < -0.3 is 10.1 Å². The molecule has 0 bridgehead atoms. The number of ether oxygens (including phenoxy) is 1. The number of benzene rings is 1. The van der Waals surface area contributed by atoms with Crippen LogP contribution in [0.15, 0.2) is 24.3 Å². The molecule has 19 heavy (non-hydrogen) atoms. The summed E-state index contributed by atoms with van der Waals surface area (Å²) < 4.78 is 5.42. The van der Waals surface area contributed by atoms with Gasteiger partial charge in [0.25, 0.3) is 5.91 Å². The highest BCUT2D eigenvalue weighted by atomic mass is 79.9. The van der Waals surface area contributed by atoms with Crippen molar-refractivity contribution < 1.29 is 9.53 Å². The summed E-state index contributed by atoms with van der Waals surface area (Å²) in [6.45, 7) is 0.0336. The fraction of sp³-hybridized carbons (Fsp3) is 0.500. The third-order valence-electron chi connectivity index (χ3n) is 3.37. The second-order valence-electron chi connectivity index (χ2n) is 4.77. The molecule has 2 rings (SSSR count). The second-order valence-corrected chi connectivity index (χ2v) is 5.85. The van der Waals surface area contributed by atoms with Crippen molar-refractivity contribution in [2.75, 3.05) is 11.9 Å². The molecule has 1 fully saturated rings.